The van der Waals surface area contributed by atoms with Crippen LogP contribution in [-0.4, -0.2) is 34.6 Å². The van der Waals surface area contributed by atoms with Crippen LogP contribution in [0, 0.1) is 0 Å². The number of carboxylic acid groups (broad SMARTS) is 1. The number of hydrogen-bond acceptors (Lipinski definition) is 5. The fourth-order valence-electron chi connectivity index (χ4n) is 3.36. The number of benzene rings is 3. The maximum absolute atomic E-state index is 12.3. The lowest BCUT2D eigenvalue weighted by Crippen LogP contribution is -2.42. The molecular weight excluding hydrogens is 434 g/mol. The molecule has 3 aromatic carbocycles. The van der Waals surface area contributed by atoms with Crippen molar-refractivity contribution in [3.05, 3.63) is 95.9 Å². The molecule has 0 aliphatic rings. The Hall–Kier alpha value is -3.81. The van der Waals surface area contributed by atoms with Gasteiger partial charge in [0, 0.05) is 22.2 Å². The minimum absolute atomic E-state index is 0.0991. The average Bonchev–Trinajstić information content (AvgIpc) is 3.34. The third kappa shape index (κ3) is 6.12. The van der Waals surface area contributed by atoms with E-state index in [0.717, 1.165) is 27.4 Å². The first kappa shape index (κ1) is 22.4. The predicted molar refractivity (Wildman–Crippen MR) is 131 cm³/mol. The van der Waals surface area contributed by atoms with E-state index in [9.17, 15) is 14.7 Å². The molecule has 0 saturated heterocycles. The van der Waals surface area contributed by atoms with Gasteiger partial charge in [-0.25, -0.2) is 4.98 Å². The Morgan fingerprint density at radius 1 is 0.879 bits per heavy atom. The number of carboxylic acids is 1. The summed E-state index contributed by atoms with van der Waals surface area (Å²) in [5.74, 6) is -1.30. The van der Waals surface area contributed by atoms with E-state index >= 15 is 0 Å². The summed E-state index contributed by atoms with van der Waals surface area (Å²) in [5.41, 5.74) is 4.45. The van der Waals surface area contributed by atoms with E-state index < -0.39 is 12.0 Å². The molecule has 166 valence electrons. The molecule has 7 heteroatoms. The highest BCUT2D eigenvalue weighted by molar-refractivity contribution is 7.13. The Balaban J connectivity index is 1.32. The third-order valence-electron chi connectivity index (χ3n) is 5.08. The number of carbonyl (C=O) groups is 2. The first-order valence-corrected chi connectivity index (χ1v) is 11.4. The summed E-state index contributed by atoms with van der Waals surface area (Å²) >= 11 is 1.59. The molecule has 1 aromatic heterocycles. The topological polar surface area (TPSA) is 91.3 Å². The summed E-state index contributed by atoms with van der Waals surface area (Å²) in [4.78, 5) is 28.6. The van der Waals surface area contributed by atoms with Gasteiger partial charge < -0.3 is 10.4 Å². The zero-order valence-corrected chi connectivity index (χ0v) is 18.6. The van der Waals surface area contributed by atoms with Crippen LogP contribution in [0.3, 0.4) is 0 Å². The quantitative estimate of drug-likeness (QED) is 0.339. The smallest absolute Gasteiger partial charge is 0.321 e. The van der Waals surface area contributed by atoms with Crippen LogP contribution in [0.5, 0.6) is 0 Å². The van der Waals surface area contributed by atoms with Crippen molar-refractivity contribution >= 4 is 28.9 Å². The van der Waals surface area contributed by atoms with Gasteiger partial charge in [0.2, 0.25) is 5.91 Å². The number of aromatic nitrogens is 1. The van der Waals surface area contributed by atoms with Crippen LogP contribution in [0.4, 0.5) is 5.69 Å². The first-order valence-electron chi connectivity index (χ1n) is 10.5. The predicted octanol–water partition coefficient (Wildman–Crippen LogP) is 4.70. The molecular formula is C26H23N3O3S. The Morgan fingerprint density at radius 2 is 1.55 bits per heavy atom. The molecule has 4 aromatic rings. The van der Waals surface area contributed by atoms with Crippen molar-refractivity contribution in [2.24, 2.45) is 0 Å². The fraction of sp³-hybridized carbons (Fsp3) is 0.115. The lowest BCUT2D eigenvalue weighted by molar-refractivity contribution is -0.139. The van der Waals surface area contributed by atoms with E-state index in [1.165, 1.54) is 0 Å². The molecule has 0 radical (unpaired) electrons. The van der Waals surface area contributed by atoms with Crippen LogP contribution >= 0.6 is 11.3 Å². The molecule has 1 heterocycles. The van der Waals surface area contributed by atoms with Crippen molar-refractivity contribution in [2.45, 2.75) is 12.5 Å². The number of rotatable bonds is 9. The monoisotopic (exact) mass is 457 g/mol. The van der Waals surface area contributed by atoms with Crippen molar-refractivity contribution < 1.29 is 14.7 Å². The number of nitrogens with zero attached hydrogens (tertiary/aromatic N) is 1. The Labute approximate surface area is 196 Å². The average molecular weight is 458 g/mol. The van der Waals surface area contributed by atoms with Gasteiger partial charge in [-0.2, -0.15) is 0 Å². The number of anilines is 1. The van der Waals surface area contributed by atoms with Gasteiger partial charge in [0.05, 0.1) is 12.2 Å². The largest absolute Gasteiger partial charge is 0.480 e. The van der Waals surface area contributed by atoms with Crippen LogP contribution in [0.2, 0.25) is 0 Å². The second kappa shape index (κ2) is 10.7. The van der Waals surface area contributed by atoms with Crippen LogP contribution in [0.1, 0.15) is 5.56 Å². The van der Waals surface area contributed by atoms with E-state index in [2.05, 4.69) is 10.6 Å². The molecule has 0 aliphatic carbocycles. The van der Waals surface area contributed by atoms with Crippen molar-refractivity contribution in [2.75, 3.05) is 11.9 Å². The summed E-state index contributed by atoms with van der Waals surface area (Å²) in [5, 5.41) is 18.0. The molecule has 1 unspecified atom stereocenters. The zero-order valence-electron chi connectivity index (χ0n) is 17.8. The van der Waals surface area contributed by atoms with Gasteiger partial charge in [0.15, 0.2) is 0 Å². The minimum atomic E-state index is -0.992. The number of amides is 1. The molecule has 0 saturated carbocycles. The molecule has 33 heavy (non-hydrogen) atoms. The summed E-state index contributed by atoms with van der Waals surface area (Å²) in [6.07, 6.45) is 0.302. The van der Waals surface area contributed by atoms with E-state index in [0.29, 0.717) is 12.1 Å². The Morgan fingerprint density at radius 3 is 2.21 bits per heavy atom. The highest BCUT2D eigenvalue weighted by Crippen LogP contribution is 2.29. The van der Waals surface area contributed by atoms with E-state index in [4.69, 9.17) is 4.98 Å². The van der Waals surface area contributed by atoms with Crippen LogP contribution in [-0.2, 0) is 16.0 Å². The van der Waals surface area contributed by atoms with E-state index in [1.54, 1.807) is 11.3 Å². The van der Waals surface area contributed by atoms with E-state index in [-0.39, 0.29) is 12.5 Å². The number of nitrogens with one attached hydrogen (secondary N) is 2. The lowest BCUT2D eigenvalue weighted by Gasteiger charge is -2.14. The van der Waals surface area contributed by atoms with Crippen molar-refractivity contribution in [1.29, 1.82) is 0 Å². The first-order chi connectivity index (χ1) is 16.1. The summed E-state index contributed by atoms with van der Waals surface area (Å²) < 4.78 is 0. The van der Waals surface area contributed by atoms with Gasteiger partial charge in [-0.15, -0.1) is 11.3 Å². The van der Waals surface area contributed by atoms with Gasteiger partial charge in [-0.3, -0.25) is 14.9 Å². The summed E-state index contributed by atoms with van der Waals surface area (Å²) in [6.45, 7) is -0.0991. The number of thiazole rings is 1. The van der Waals surface area contributed by atoms with Gasteiger partial charge in [0.25, 0.3) is 0 Å². The summed E-state index contributed by atoms with van der Waals surface area (Å²) in [6, 6.07) is 25.9. The van der Waals surface area contributed by atoms with Gasteiger partial charge in [-0.05, 0) is 24.1 Å². The maximum atomic E-state index is 12.3. The van der Waals surface area contributed by atoms with Gasteiger partial charge >= 0.3 is 5.97 Å². The molecule has 4 rings (SSSR count). The van der Waals surface area contributed by atoms with Crippen molar-refractivity contribution in [3.63, 3.8) is 0 Å². The Bertz CT molecular complexity index is 1210. The molecule has 3 N–H and O–H groups in total. The standard InChI is InChI=1S/C26H23N3O3S/c30-24(16-27-22(26(31)32)15-18-7-3-1-4-8-18)28-21-13-11-19(12-14-21)23-17-33-25(29-23)20-9-5-2-6-10-20/h1-14,17,22,27H,15-16H2,(H,28,30)(H,31,32). The van der Waals surface area contributed by atoms with Crippen LogP contribution in [0.15, 0.2) is 90.3 Å². The summed E-state index contributed by atoms with van der Waals surface area (Å²) in [7, 11) is 0. The maximum Gasteiger partial charge on any atom is 0.321 e. The van der Waals surface area contributed by atoms with Crippen molar-refractivity contribution in [1.82, 2.24) is 10.3 Å². The van der Waals surface area contributed by atoms with Crippen molar-refractivity contribution in [3.8, 4) is 21.8 Å². The van der Waals surface area contributed by atoms with Gasteiger partial charge in [-0.1, -0.05) is 72.8 Å². The lowest BCUT2D eigenvalue weighted by atomic mass is 10.1. The zero-order chi connectivity index (χ0) is 23.0. The molecule has 1 amide bonds. The molecule has 1 atom stereocenters. The molecule has 6 nitrogen and oxygen atoms in total. The molecule has 0 aliphatic heterocycles. The SMILES string of the molecule is O=C(CNC(Cc1ccccc1)C(=O)O)Nc1ccc(-c2csc(-c3ccccc3)n2)cc1. The van der Waals surface area contributed by atoms with E-state index in [1.807, 2.05) is 90.3 Å². The number of carbonyl (C=O) groups excluding carboxylic acids is 1. The Kier molecular flexibility index (Phi) is 7.24. The highest BCUT2D eigenvalue weighted by Gasteiger charge is 2.18. The highest BCUT2D eigenvalue weighted by atomic mass is 32.1. The van der Waals surface area contributed by atoms with Gasteiger partial charge in [0.1, 0.15) is 11.0 Å². The van der Waals surface area contributed by atoms with Crippen LogP contribution in [0.25, 0.3) is 21.8 Å². The molecule has 0 bridgehead atoms. The number of hydrogen-bond donors (Lipinski definition) is 3. The molecule has 0 fully saturated rings. The van der Waals surface area contributed by atoms with Crippen LogP contribution < -0.4 is 10.6 Å². The third-order valence-corrected chi connectivity index (χ3v) is 5.97. The minimum Gasteiger partial charge on any atom is -0.480 e. The second-order valence-corrected chi connectivity index (χ2v) is 8.35. The molecule has 0 spiro atoms. The normalized spacial score (nSPS) is 11.6. The fourth-order valence-corrected chi connectivity index (χ4v) is 4.20. The second-order valence-electron chi connectivity index (χ2n) is 7.49. The number of aliphatic carboxylic acids is 1.